The van der Waals surface area contributed by atoms with Crippen molar-refractivity contribution in [2.75, 3.05) is 11.5 Å². The lowest BCUT2D eigenvalue weighted by molar-refractivity contribution is -0.173. The van der Waals surface area contributed by atoms with Gasteiger partial charge in [0, 0.05) is 0 Å². The van der Waals surface area contributed by atoms with Gasteiger partial charge in [0.25, 0.3) is 5.92 Å². The highest BCUT2D eigenvalue weighted by Gasteiger charge is 2.60. The maximum absolute atomic E-state index is 13.2. The van der Waals surface area contributed by atoms with Crippen LogP contribution in [0.15, 0.2) is 0 Å². The Bertz CT molecular complexity index is 362. The third-order valence-electron chi connectivity index (χ3n) is 2.59. The van der Waals surface area contributed by atoms with Crippen molar-refractivity contribution in [2.45, 2.75) is 19.3 Å². The average molecular weight is 228 g/mol. The average Bonchev–Trinajstić information content (AvgIpc) is 1.95. The summed E-state index contributed by atoms with van der Waals surface area (Å²) in [5.41, 5.74) is -2.27. The fourth-order valence-corrected chi connectivity index (χ4v) is 3.05. The number of aliphatic carboxylic acids is 1. The number of rotatable bonds is 1. The molecule has 0 aliphatic carbocycles. The van der Waals surface area contributed by atoms with Crippen LogP contribution in [0.5, 0.6) is 0 Å². The summed E-state index contributed by atoms with van der Waals surface area (Å²) >= 11 is 0. The summed E-state index contributed by atoms with van der Waals surface area (Å²) < 4.78 is 48.3. The number of carboxylic acid groups (broad SMARTS) is 1. The van der Waals surface area contributed by atoms with E-state index in [2.05, 4.69) is 0 Å². The fraction of sp³-hybridized carbons (Fsp3) is 0.857. The predicted molar refractivity (Wildman–Crippen MR) is 44.0 cm³/mol. The quantitative estimate of drug-likeness (QED) is 0.710. The molecule has 0 aromatic heterocycles. The molecule has 1 atom stereocenters. The normalized spacial score (nSPS) is 35.1. The Morgan fingerprint density at radius 2 is 1.93 bits per heavy atom. The SMILES string of the molecule is CC1(C(=O)O)CCS(=O)(=O)CC1(F)F. The summed E-state index contributed by atoms with van der Waals surface area (Å²) in [7, 11) is -3.81. The van der Waals surface area contributed by atoms with Gasteiger partial charge < -0.3 is 5.11 Å². The maximum Gasteiger partial charge on any atom is 0.315 e. The van der Waals surface area contributed by atoms with Crippen LogP contribution in [-0.2, 0) is 14.6 Å². The lowest BCUT2D eigenvalue weighted by atomic mass is 9.81. The largest absolute Gasteiger partial charge is 0.481 e. The molecule has 14 heavy (non-hydrogen) atoms. The summed E-state index contributed by atoms with van der Waals surface area (Å²) in [6.07, 6.45) is -0.544. The Hall–Kier alpha value is -0.720. The minimum atomic E-state index is -3.81. The second-order valence-electron chi connectivity index (χ2n) is 3.68. The molecule has 0 radical (unpaired) electrons. The Morgan fingerprint density at radius 3 is 2.29 bits per heavy atom. The van der Waals surface area contributed by atoms with Crippen molar-refractivity contribution < 1.29 is 27.1 Å². The summed E-state index contributed by atoms with van der Waals surface area (Å²) in [6.45, 7) is 0.879. The summed E-state index contributed by atoms with van der Waals surface area (Å²) in [5, 5.41) is 8.63. The molecule has 1 heterocycles. The lowest BCUT2D eigenvalue weighted by Gasteiger charge is -2.36. The maximum atomic E-state index is 13.2. The number of hydrogen-bond donors (Lipinski definition) is 1. The molecule has 4 nitrogen and oxygen atoms in total. The van der Waals surface area contributed by atoms with Crippen molar-refractivity contribution in [2.24, 2.45) is 5.41 Å². The molecule has 0 aromatic carbocycles. The van der Waals surface area contributed by atoms with Gasteiger partial charge in [-0.05, 0) is 13.3 Å². The summed E-state index contributed by atoms with van der Waals surface area (Å²) in [4.78, 5) is 10.6. The van der Waals surface area contributed by atoms with Gasteiger partial charge in [-0.2, -0.15) is 0 Å². The molecule has 1 fully saturated rings. The first-order valence-electron chi connectivity index (χ1n) is 3.92. The molecular weight excluding hydrogens is 218 g/mol. The van der Waals surface area contributed by atoms with Gasteiger partial charge in [-0.25, -0.2) is 17.2 Å². The van der Waals surface area contributed by atoms with E-state index >= 15 is 0 Å². The Morgan fingerprint density at radius 1 is 1.43 bits per heavy atom. The molecule has 0 amide bonds. The van der Waals surface area contributed by atoms with Crippen molar-refractivity contribution in [3.05, 3.63) is 0 Å². The zero-order chi connectivity index (χ0) is 11.2. The van der Waals surface area contributed by atoms with E-state index in [1.807, 2.05) is 0 Å². The van der Waals surface area contributed by atoms with Gasteiger partial charge >= 0.3 is 5.97 Å². The second-order valence-corrected chi connectivity index (χ2v) is 5.87. The number of hydrogen-bond acceptors (Lipinski definition) is 3. The number of carbonyl (C=O) groups is 1. The molecule has 1 saturated heterocycles. The topological polar surface area (TPSA) is 71.4 Å². The van der Waals surface area contributed by atoms with E-state index in [1.54, 1.807) is 0 Å². The molecule has 0 saturated carbocycles. The van der Waals surface area contributed by atoms with Gasteiger partial charge in [0.1, 0.15) is 11.2 Å². The van der Waals surface area contributed by atoms with Crippen LogP contribution in [0.3, 0.4) is 0 Å². The molecule has 1 N–H and O–H groups in total. The molecule has 7 heteroatoms. The van der Waals surface area contributed by atoms with Gasteiger partial charge in [-0.15, -0.1) is 0 Å². The first kappa shape index (κ1) is 11.4. The standard InChI is InChI=1S/C7H10F2O4S/c1-6(5(10)11)2-3-14(12,13)4-7(6,8)9/h2-4H2,1H3,(H,10,11). The van der Waals surface area contributed by atoms with E-state index in [1.165, 1.54) is 0 Å². The van der Waals surface area contributed by atoms with Gasteiger partial charge in [0.15, 0.2) is 9.84 Å². The number of carboxylic acids is 1. The van der Waals surface area contributed by atoms with Crippen LogP contribution in [0.2, 0.25) is 0 Å². The zero-order valence-electron chi connectivity index (χ0n) is 7.46. The summed E-state index contributed by atoms with van der Waals surface area (Å²) in [6, 6.07) is 0. The second kappa shape index (κ2) is 2.88. The molecule has 0 bridgehead atoms. The first-order valence-corrected chi connectivity index (χ1v) is 5.74. The van der Waals surface area contributed by atoms with E-state index in [0.29, 0.717) is 0 Å². The van der Waals surface area contributed by atoms with E-state index in [-0.39, 0.29) is 0 Å². The minimum absolute atomic E-state index is 0.495. The Balaban J connectivity index is 3.11. The summed E-state index contributed by atoms with van der Waals surface area (Å²) in [5.74, 6) is -7.22. The highest BCUT2D eigenvalue weighted by Crippen LogP contribution is 2.44. The van der Waals surface area contributed by atoms with Gasteiger partial charge in [0.2, 0.25) is 0 Å². The number of halogens is 2. The number of sulfone groups is 1. The van der Waals surface area contributed by atoms with Crippen LogP contribution in [0.4, 0.5) is 8.78 Å². The van der Waals surface area contributed by atoms with Crippen LogP contribution in [0.25, 0.3) is 0 Å². The molecule has 82 valence electrons. The van der Waals surface area contributed by atoms with Crippen molar-refractivity contribution in [3.8, 4) is 0 Å². The highest BCUT2D eigenvalue weighted by molar-refractivity contribution is 7.91. The molecule has 0 aromatic rings. The van der Waals surface area contributed by atoms with Gasteiger partial charge in [-0.3, -0.25) is 4.79 Å². The van der Waals surface area contributed by atoms with Crippen LogP contribution < -0.4 is 0 Å². The minimum Gasteiger partial charge on any atom is -0.481 e. The highest BCUT2D eigenvalue weighted by atomic mass is 32.2. The van der Waals surface area contributed by atoms with Crippen LogP contribution in [0.1, 0.15) is 13.3 Å². The van der Waals surface area contributed by atoms with Crippen molar-refractivity contribution in [1.82, 2.24) is 0 Å². The van der Waals surface area contributed by atoms with Gasteiger partial charge in [-0.1, -0.05) is 0 Å². The first-order chi connectivity index (χ1) is 6.11. The molecule has 1 unspecified atom stereocenters. The molecule has 1 aliphatic heterocycles. The van der Waals surface area contributed by atoms with Crippen LogP contribution in [-0.4, -0.2) is 36.9 Å². The van der Waals surface area contributed by atoms with Crippen LogP contribution >= 0.6 is 0 Å². The molecular formula is C7H10F2O4S. The third-order valence-corrected chi connectivity index (χ3v) is 4.22. The van der Waals surface area contributed by atoms with Crippen molar-refractivity contribution >= 4 is 15.8 Å². The lowest BCUT2D eigenvalue weighted by Crippen LogP contribution is -2.54. The van der Waals surface area contributed by atoms with E-state index in [0.717, 1.165) is 6.92 Å². The van der Waals surface area contributed by atoms with E-state index < -0.39 is 45.1 Å². The van der Waals surface area contributed by atoms with Crippen molar-refractivity contribution in [3.63, 3.8) is 0 Å². The molecule has 1 aliphatic rings. The molecule has 1 rings (SSSR count). The van der Waals surface area contributed by atoms with E-state index in [9.17, 15) is 22.0 Å². The van der Waals surface area contributed by atoms with Gasteiger partial charge in [0.05, 0.1) is 5.75 Å². The monoisotopic (exact) mass is 228 g/mol. The molecule has 0 spiro atoms. The van der Waals surface area contributed by atoms with E-state index in [4.69, 9.17) is 5.11 Å². The van der Waals surface area contributed by atoms with Crippen LogP contribution in [0, 0.1) is 5.41 Å². The number of alkyl halides is 2. The third kappa shape index (κ3) is 1.60. The zero-order valence-corrected chi connectivity index (χ0v) is 8.27. The fourth-order valence-electron chi connectivity index (χ4n) is 1.31. The van der Waals surface area contributed by atoms with Crippen molar-refractivity contribution in [1.29, 1.82) is 0 Å². The smallest absolute Gasteiger partial charge is 0.315 e. The Kier molecular flexibility index (Phi) is 2.34. The Labute approximate surface area is 79.8 Å². The predicted octanol–water partition coefficient (Wildman–Crippen LogP) is 0.531.